The van der Waals surface area contributed by atoms with E-state index >= 15 is 0 Å². The van der Waals surface area contributed by atoms with Crippen molar-refractivity contribution in [3.05, 3.63) is 22.7 Å². The molecule has 0 unspecified atom stereocenters. The fourth-order valence-corrected chi connectivity index (χ4v) is 1.98. The van der Waals surface area contributed by atoms with Crippen molar-refractivity contribution < 1.29 is 9.53 Å². The van der Waals surface area contributed by atoms with E-state index in [1.807, 2.05) is 6.07 Å². The molecule has 6 heteroatoms. The lowest BCUT2D eigenvalue weighted by atomic mass is 10.3. The average Bonchev–Trinajstić information content (AvgIpc) is 2.70. The van der Waals surface area contributed by atoms with Gasteiger partial charge >= 0.3 is 6.03 Å². The number of anilines is 1. The molecule has 0 saturated carbocycles. The molecule has 0 spiro atoms. The van der Waals surface area contributed by atoms with Gasteiger partial charge in [-0.1, -0.05) is 0 Å². The van der Waals surface area contributed by atoms with E-state index in [0.29, 0.717) is 31.1 Å². The number of ether oxygens (including phenoxy) is 1. The van der Waals surface area contributed by atoms with Crippen molar-refractivity contribution in [2.75, 3.05) is 32.0 Å². The number of hydrogen-bond donors (Lipinski definition) is 2. The van der Waals surface area contributed by atoms with Crippen LogP contribution in [0.25, 0.3) is 0 Å². The van der Waals surface area contributed by atoms with Crippen molar-refractivity contribution >= 4 is 27.6 Å². The molecule has 3 N–H and O–H groups in total. The van der Waals surface area contributed by atoms with Gasteiger partial charge in [-0.05, 0) is 28.1 Å². The zero-order chi connectivity index (χ0) is 12.3. The maximum absolute atomic E-state index is 11.3. The van der Waals surface area contributed by atoms with Crippen LogP contribution < -0.4 is 15.8 Å². The molecule has 1 aromatic carbocycles. The summed E-state index contributed by atoms with van der Waals surface area (Å²) in [7, 11) is 0. The molecule has 5 nitrogen and oxygen atoms in total. The molecule has 1 aliphatic heterocycles. The molecule has 0 bridgehead atoms. The SMILES string of the molecule is Nc1ccc(Br)c(OCCN2CCNC2=O)c1. The summed E-state index contributed by atoms with van der Waals surface area (Å²) in [5.41, 5.74) is 6.32. The van der Waals surface area contributed by atoms with Crippen LogP contribution in [0.3, 0.4) is 0 Å². The summed E-state index contributed by atoms with van der Waals surface area (Å²) in [6, 6.07) is 5.37. The van der Waals surface area contributed by atoms with Gasteiger partial charge in [-0.25, -0.2) is 4.79 Å². The Hall–Kier alpha value is -1.43. The Bertz CT molecular complexity index is 425. The highest BCUT2D eigenvalue weighted by molar-refractivity contribution is 9.10. The number of nitrogens with two attached hydrogens (primary N) is 1. The van der Waals surface area contributed by atoms with Crippen molar-refractivity contribution in [1.29, 1.82) is 0 Å². The number of nitrogen functional groups attached to an aromatic ring is 1. The first-order valence-electron chi connectivity index (χ1n) is 5.37. The van der Waals surface area contributed by atoms with E-state index < -0.39 is 0 Å². The quantitative estimate of drug-likeness (QED) is 0.827. The maximum Gasteiger partial charge on any atom is 0.317 e. The molecule has 1 heterocycles. The van der Waals surface area contributed by atoms with Gasteiger partial charge in [0.15, 0.2) is 0 Å². The number of nitrogens with one attached hydrogen (secondary N) is 1. The van der Waals surface area contributed by atoms with E-state index in [1.54, 1.807) is 17.0 Å². The third-order valence-electron chi connectivity index (χ3n) is 2.52. The van der Waals surface area contributed by atoms with Crippen LogP contribution >= 0.6 is 15.9 Å². The highest BCUT2D eigenvalue weighted by atomic mass is 79.9. The summed E-state index contributed by atoms with van der Waals surface area (Å²) < 4.78 is 6.44. The number of amides is 2. The summed E-state index contributed by atoms with van der Waals surface area (Å²) in [6.07, 6.45) is 0. The highest BCUT2D eigenvalue weighted by Gasteiger charge is 2.18. The molecule has 0 aliphatic carbocycles. The van der Waals surface area contributed by atoms with Crippen LogP contribution in [-0.2, 0) is 0 Å². The smallest absolute Gasteiger partial charge is 0.317 e. The molecular weight excluding hydrogens is 286 g/mol. The van der Waals surface area contributed by atoms with E-state index in [1.165, 1.54) is 0 Å². The van der Waals surface area contributed by atoms with Crippen molar-refractivity contribution in [3.8, 4) is 5.75 Å². The number of carbonyl (C=O) groups is 1. The van der Waals surface area contributed by atoms with Gasteiger partial charge in [0.25, 0.3) is 0 Å². The normalized spacial score (nSPS) is 14.9. The minimum atomic E-state index is -0.0276. The number of carbonyl (C=O) groups excluding carboxylic acids is 1. The molecule has 0 aromatic heterocycles. The lowest BCUT2D eigenvalue weighted by Crippen LogP contribution is -2.31. The van der Waals surface area contributed by atoms with Gasteiger partial charge in [-0.3, -0.25) is 0 Å². The van der Waals surface area contributed by atoms with Crippen molar-refractivity contribution in [2.45, 2.75) is 0 Å². The van der Waals surface area contributed by atoms with Crippen molar-refractivity contribution in [3.63, 3.8) is 0 Å². The van der Waals surface area contributed by atoms with Crippen LogP contribution in [0.15, 0.2) is 22.7 Å². The number of hydrogen-bond acceptors (Lipinski definition) is 3. The second kappa shape index (κ2) is 5.27. The molecule has 2 amide bonds. The Balaban J connectivity index is 1.85. The monoisotopic (exact) mass is 299 g/mol. The van der Waals surface area contributed by atoms with Crippen LogP contribution in [0.1, 0.15) is 0 Å². The molecule has 1 aromatic rings. The predicted molar refractivity (Wildman–Crippen MR) is 69.0 cm³/mol. The average molecular weight is 300 g/mol. The molecule has 1 fully saturated rings. The summed E-state index contributed by atoms with van der Waals surface area (Å²) in [6.45, 7) is 2.48. The molecule has 2 rings (SSSR count). The second-order valence-corrected chi connectivity index (χ2v) is 4.61. The van der Waals surface area contributed by atoms with Crippen molar-refractivity contribution in [1.82, 2.24) is 10.2 Å². The Morgan fingerprint density at radius 2 is 2.35 bits per heavy atom. The second-order valence-electron chi connectivity index (χ2n) is 3.76. The summed E-state index contributed by atoms with van der Waals surface area (Å²) in [4.78, 5) is 13.0. The molecule has 1 saturated heterocycles. The van der Waals surface area contributed by atoms with Gasteiger partial charge in [-0.15, -0.1) is 0 Å². The van der Waals surface area contributed by atoms with E-state index in [0.717, 1.165) is 11.0 Å². The summed E-state index contributed by atoms with van der Waals surface area (Å²) in [5, 5.41) is 2.74. The number of benzene rings is 1. The topological polar surface area (TPSA) is 67.6 Å². The minimum absolute atomic E-state index is 0.0276. The number of rotatable bonds is 4. The van der Waals surface area contributed by atoms with E-state index in [2.05, 4.69) is 21.2 Å². The first-order chi connectivity index (χ1) is 8.16. The third kappa shape index (κ3) is 3.03. The first-order valence-corrected chi connectivity index (χ1v) is 6.17. The zero-order valence-electron chi connectivity index (χ0n) is 9.28. The lowest BCUT2D eigenvalue weighted by molar-refractivity contribution is 0.202. The van der Waals surface area contributed by atoms with Crippen LogP contribution in [0.2, 0.25) is 0 Å². The van der Waals surface area contributed by atoms with Gasteiger partial charge < -0.3 is 20.7 Å². The Kier molecular flexibility index (Phi) is 3.73. The highest BCUT2D eigenvalue weighted by Crippen LogP contribution is 2.26. The minimum Gasteiger partial charge on any atom is -0.490 e. The lowest BCUT2D eigenvalue weighted by Gasteiger charge is -2.15. The maximum atomic E-state index is 11.3. The Labute approximate surface area is 108 Å². The molecule has 92 valence electrons. The molecule has 17 heavy (non-hydrogen) atoms. The Morgan fingerprint density at radius 3 is 3.06 bits per heavy atom. The fraction of sp³-hybridized carbons (Fsp3) is 0.364. The predicted octanol–water partition coefficient (Wildman–Crippen LogP) is 1.44. The van der Waals surface area contributed by atoms with Crippen LogP contribution in [0.5, 0.6) is 5.75 Å². The molecule has 0 atom stereocenters. The van der Waals surface area contributed by atoms with Gasteiger partial charge in [0.1, 0.15) is 12.4 Å². The van der Waals surface area contributed by atoms with Crippen molar-refractivity contribution in [2.24, 2.45) is 0 Å². The molecular formula is C11H14BrN3O2. The van der Waals surface area contributed by atoms with E-state index in [9.17, 15) is 4.79 Å². The van der Waals surface area contributed by atoms with Gasteiger partial charge in [0, 0.05) is 24.8 Å². The van der Waals surface area contributed by atoms with E-state index in [4.69, 9.17) is 10.5 Å². The standard InChI is InChI=1S/C11H14BrN3O2/c12-9-2-1-8(13)7-10(9)17-6-5-15-4-3-14-11(15)16/h1-2,7H,3-6,13H2,(H,14,16). The van der Waals surface area contributed by atoms with Gasteiger partial charge in [0.2, 0.25) is 0 Å². The number of nitrogens with zero attached hydrogens (tertiary/aromatic N) is 1. The van der Waals surface area contributed by atoms with Crippen LogP contribution in [0, 0.1) is 0 Å². The number of halogens is 1. The number of urea groups is 1. The summed E-state index contributed by atoms with van der Waals surface area (Å²) in [5.74, 6) is 0.699. The van der Waals surface area contributed by atoms with Gasteiger partial charge in [0.05, 0.1) is 11.0 Å². The fourth-order valence-electron chi connectivity index (χ4n) is 1.62. The third-order valence-corrected chi connectivity index (χ3v) is 3.17. The molecule has 0 radical (unpaired) electrons. The first kappa shape index (κ1) is 12.0. The molecule has 1 aliphatic rings. The van der Waals surface area contributed by atoms with Gasteiger partial charge in [-0.2, -0.15) is 0 Å². The largest absolute Gasteiger partial charge is 0.490 e. The van der Waals surface area contributed by atoms with Crippen LogP contribution in [-0.4, -0.2) is 37.2 Å². The summed E-state index contributed by atoms with van der Waals surface area (Å²) >= 11 is 3.38. The van der Waals surface area contributed by atoms with Crippen LogP contribution in [0.4, 0.5) is 10.5 Å². The van der Waals surface area contributed by atoms with E-state index in [-0.39, 0.29) is 6.03 Å². The zero-order valence-corrected chi connectivity index (χ0v) is 10.9. The Morgan fingerprint density at radius 1 is 1.53 bits per heavy atom.